The third-order valence-electron chi connectivity index (χ3n) is 5.04. The Bertz CT molecular complexity index is 767. The van der Waals surface area contributed by atoms with Crippen LogP contribution in [0.2, 0.25) is 0 Å². The largest absolute Gasteiger partial charge is 0.340 e. The molecule has 5 nitrogen and oxygen atoms in total. The van der Waals surface area contributed by atoms with Gasteiger partial charge in [0.1, 0.15) is 0 Å². The standard InChI is InChI=1S/C20H32N2O3S2/c1-15-13-17(20(3,4)5)14-16(2)19(15)27(24,25)22-10-8-21(9-11-22)18(23)7-12-26-6/h13-14H,7-12H2,1-6H3. The lowest BCUT2D eigenvalue weighted by molar-refractivity contribution is -0.131. The van der Waals surface area contributed by atoms with Gasteiger partial charge in [-0.05, 0) is 42.2 Å². The molecule has 0 spiro atoms. The van der Waals surface area contributed by atoms with Crippen molar-refractivity contribution < 1.29 is 13.2 Å². The van der Waals surface area contributed by atoms with Crippen molar-refractivity contribution in [3.05, 3.63) is 28.8 Å². The first-order chi connectivity index (χ1) is 12.5. The summed E-state index contributed by atoms with van der Waals surface area (Å²) in [6.07, 6.45) is 2.49. The van der Waals surface area contributed by atoms with E-state index in [2.05, 4.69) is 20.8 Å². The number of nitrogens with zero attached hydrogens (tertiary/aromatic N) is 2. The van der Waals surface area contributed by atoms with Crippen LogP contribution in [0.4, 0.5) is 0 Å². The third kappa shape index (κ3) is 5.06. The van der Waals surface area contributed by atoms with E-state index >= 15 is 0 Å². The number of hydrogen-bond acceptors (Lipinski definition) is 4. The fourth-order valence-corrected chi connectivity index (χ4v) is 5.66. The molecule has 0 aromatic heterocycles. The van der Waals surface area contributed by atoms with Crippen molar-refractivity contribution in [1.82, 2.24) is 9.21 Å². The van der Waals surface area contributed by atoms with Gasteiger partial charge in [0.2, 0.25) is 15.9 Å². The van der Waals surface area contributed by atoms with Crippen LogP contribution in [0.25, 0.3) is 0 Å². The summed E-state index contributed by atoms with van der Waals surface area (Å²) >= 11 is 1.65. The molecule has 0 aliphatic carbocycles. The Labute approximate surface area is 168 Å². The number of amides is 1. The van der Waals surface area contributed by atoms with Gasteiger partial charge in [-0.3, -0.25) is 4.79 Å². The van der Waals surface area contributed by atoms with Gasteiger partial charge in [-0.2, -0.15) is 16.1 Å². The number of sulfonamides is 1. The highest BCUT2D eigenvalue weighted by molar-refractivity contribution is 7.98. The van der Waals surface area contributed by atoms with Gasteiger partial charge >= 0.3 is 0 Å². The number of rotatable bonds is 5. The lowest BCUT2D eigenvalue weighted by Gasteiger charge is -2.35. The average Bonchev–Trinajstić information content (AvgIpc) is 2.58. The van der Waals surface area contributed by atoms with Crippen LogP contribution in [0.3, 0.4) is 0 Å². The van der Waals surface area contributed by atoms with Crippen LogP contribution in [-0.4, -0.2) is 61.7 Å². The summed E-state index contributed by atoms with van der Waals surface area (Å²) < 4.78 is 28.0. The van der Waals surface area contributed by atoms with Gasteiger partial charge in [0.15, 0.2) is 0 Å². The molecule has 1 heterocycles. The predicted octanol–water partition coefficient (Wildman–Crippen LogP) is 3.19. The summed E-state index contributed by atoms with van der Waals surface area (Å²) in [5, 5.41) is 0. The van der Waals surface area contributed by atoms with Crippen LogP contribution in [0.15, 0.2) is 17.0 Å². The van der Waals surface area contributed by atoms with E-state index in [1.165, 1.54) is 4.31 Å². The van der Waals surface area contributed by atoms with E-state index in [1.54, 1.807) is 16.7 Å². The second kappa shape index (κ2) is 8.53. The summed E-state index contributed by atoms with van der Waals surface area (Å²) in [6, 6.07) is 3.98. The van der Waals surface area contributed by atoms with Gasteiger partial charge in [-0.15, -0.1) is 0 Å². The van der Waals surface area contributed by atoms with Crippen LogP contribution in [0.5, 0.6) is 0 Å². The minimum Gasteiger partial charge on any atom is -0.340 e. The van der Waals surface area contributed by atoms with Crippen molar-refractivity contribution in [2.75, 3.05) is 38.2 Å². The maximum absolute atomic E-state index is 13.3. The van der Waals surface area contributed by atoms with E-state index in [4.69, 9.17) is 0 Å². The molecule has 27 heavy (non-hydrogen) atoms. The molecule has 1 aromatic carbocycles. The molecule has 0 bridgehead atoms. The van der Waals surface area contributed by atoms with Crippen molar-refractivity contribution in [2.24, 2.45) is 0 Å². The fraction of sp³-hybridized carbons (Fsp3) is 0.650. The summed E-state index contributed by atoms with van der Waals surface area (Å²) in [5.74, 6) is 0.916. The monoisotopic (exact) mass is 412 g/mol. The van der Waals surface area contributed by atoms with E-state index in [0.29, 0.717) is 37.5 Å². The van der Waals surface area contributed by atoms with Crippen LogP contribution >= 0.6 is 11.8 Å². The third-order valence-corrected chi connectivity index (χ3v) is 7.85. The van der Waals surface area contributed by atoms with Gasteiger partial charge < -0.3 is 4.90 Å². The normalized spacial score (nSPS) is 16.6. The first-order valence-corrected chi connectivity index (χ1v) is 12.2. The van der Waals surface area contributed by atoms with E-state index in [-0.39, 0.29) is 11.3 Å². The Balaban J connectivity index is 2.20. The molecule has 1 aliphatic heterocycles. The fourth-order valence-electron chi connectivity index (χ4n) is 3.44. The zero-order valence-electron chi connectivity index (χ0n) is 17.3. The summed E-state index contributed by atoms with van der Waals surface area (Å²) in [7, 11) is -3.56. The van der Waals surface area contributed by atoms with Gasteiger partial charge in [-0.25, -0.2) is 8.42 Å². The minimum atomic E-state index is -3.56. The lowest BCUT2D eigenvalue weighted by Crippen LogP contribution is -2.50. The van der Waals surface area contributed by atoms with E-state index in [0.717, 1.165) is 22.4 Å². The molecule has 0 N–H and O–H groups in total. The summed E-state index contributed by atoms with van der Waals surface area (Å²) in [4.78, 5) is 14.4. The quantitative estimate of drug-likeness (QED) is 0.745. The Morgan fingerprint density at radius 3 is 2.04 bits per heavy atom. The van der Waals surface area contributed by atoms with Crippen molar-refractivity contribution in [3.8, 4) is 0 Å². The summed E-state index contributed by atoms with van der Waals surface area (Å²) in [5.41, 5.74) is 2.69. The second-order valence-corrected chi connectivity index (χ2v) is 11.1. The Kier molecular flexibility index (Phi) is 7.03. The number of hydrogen-bond donors (Lipinski definition) is 0. The first kappa shape index (κ1) is 22.2. The number of piperazine rings is 1. The molecular weight excluding hydrogens is 380 g/mol. The number of benzene rings is 1. The molecule has 0 unspecified atom stereocenters. The van der Waals surface area contributed by atoms with Crippen LogP contribution < -0.4 is 0 Å². The predicted molar refractivity (Wildman–Crippen MR) is 113 cm³/mol. The molecule has 7 heteroatoms. The Hall–Kier alpha value is -1.05. The molecule has 0 saturated carbocycles. The maximum Gasteiger partial charge on any atom is 0.243 e. The van der Waals surface area contributed by atoms with E-state index in [9.17, 15) is 13.2 Å². The van der Waals surface area contributed by atoms with Crippen LogP contribution in [0, 0.1) is 13.8 Å². The highest BCUT2D eigenvalue weighted by atomic mass is 32.2. The average molecular weight is 413 g/mol. The van der Waals surface area contributed by atoms with Gasteiger partial charge in [-0.1, -0.05) is 32.9 Å². The van der Waals surface area contributed by atoms with Crippen molar-refractivity contribution in [2.45, 2.75) is 51.3 Å². The zero-order valence-corrected chi connectivity index (χ0v) is 19.0. The van der Waals surface area contributed by atoms with Crippen molar-refractivity contribution in [1.29, 1.82) is 0 Å². The zero-order chi connectivity index (χ0) is 20.4. The molecule has 152 valence electrons. The lowest BCUT2D eigenvalue weighted by atomic mass is 9.85. The highest BCUT2D eigenvalue weighted by Crippen LogP contribution is 2.31. The second-order valence-electron chi connectivity index (χ2n) is 8.22. The molecule has 1 aliphatic rings. The highest BCUT2D eigenvalue weighted by Gasteiger charge is 2.32. The summed E-state index contributed by atoms with van der Waals surface area (Å²) in [6.45, 7) is 11.8. The topological polar surface area (TPSA) is 57.7 Å². The van der Waals surface area contributed by atoms with Crippen molar-refractivity contribution >= 4 is 27.7 Å². The molecule has 0 atom stereocenters. The number of aryl methyl sites for hydroxylation is 2. The van der Waals surface area contributed by atoms with E-state index in [1.807, 2.05) is 32.2 Å². The Morgan fingerprint density at radius 1 is 1.07 bits per heavy atom. The number of carbonyl (C=O) groups is 1. The smallest absolute Gasteiger partial charge is 0.243 e. The van der Waals surface area contributed by atoms with Crippen molar-refractivity contribution in [3.63, 3.8) is 0 Å². The van der Waals surface area contributed by atoms with Crippen LogP contribution in [-0.2, 0) is 20.2 Å². The van der Waals surface area contributed by atoms with Gasteiger partial charge in [0.05, 0.1) is 4.90 Å². The molecule has 1 aromatic rings. The van der Waals surface area contributed by atoms with Crippen LogP contribution in [0.1, 0.15) is 43.9 Å². The SMILES string of the molecule is CSCCC(=O)N1CCN(S(=O)(=O)c2c(C)cc(C(C)(C)C)cc2C)CC1. The minimum absolute atomic E-state index is 0.0272. The maximum atomic E-state index is 13.3. The van der Waals surface area contributed by atoms with Gasteiger partial charge in [0.25, 0.3) is 0 Å². The molecule has 2 rings (SSSR count). The molecule has 0 radical (unpaired) electrons. The molecule has 1 fully saturated rings. The van der Waals surface area contributed by atoms with Gasteiger partial charge in [0, 0.05) is 38.4 Å². The molecule has 1 saturated heterocycles. The van der Waals surface area contributed by atoms with E-state index < -0.39 is 10.0 Å². The number of thioether (sulfide) groups is 1. The molecular formula is C20H32N2O3S2. The molecule has 1 amide bonds. The number of carbonyl (C=O) groups excluding carboxylic acids is 1. The first-order valence-electron chi connectivity index (χ1n) is 9.37. The Morgan fingerprint density at radius 2 is 1.59 bits per heavy atom.